The molecule has 6 nitrogen and oxygen atoms in total. The highest BCUT2D eigenvalue weighted by atomic mass is 35.5. The van der Waals surface area contributed by atoms with Crippen molar-refractivity contribution in [3.05, 3.63) is 99.3 Å². The summed E-state index contributed by atoms with van der Waals surface area (Å²) in [6.07, 6.45) is 4.12. The Labute approximate surface area is 184 Å². The Balaban J connectivity index is 1.35. The van der Waals surface area contributed by atoms with Gasteiger partial charge in [0.25, 0.3) is 5.56 Å². The summed E-state index contributed by atoms with van der Waals surface area (Å²) in [4.78, 5) is 31.5. The molecule has 0 unspecified atom stereocenters. The molecule has 0 spiro atoms. The Hall–Kier alpha value is -3.35. The van der Waals surface area contributed by atoms with Crippen LogP contribution in [0.4, 0.5) is 0 Å². The zero-order chi connectivity index (χ0) is 21.2. The van der Waals surface area contributed by atoms with Crippen LogP contribution >= 0.6 is 11.6 Å². The van der Waals surface area contributed by atoms with Crippen LogP contribution in [-0.4, -0.2) is 31.4 Å². The SMILES string of the molecule is O=c1[nH]c(-c2ccncc2)nc2c1CN(Cc1cccc(-c3ccc(Cl)cc3)n1)CC2. The third-order valence-corrected chi connectivity index (χ3v) is 5.69. The molecule has 154 valence electrons. The molecule has 31 heavy (non-hydrogen) atoms. The third-order valence-electron chi connectivity index (χ3n) is 5.43. The van der Waals surface area contributed by atoms with Crippen molar-refractivity contribution < 1.29 is 0 Å². The van der Waals surface area contributed by atoms with Gasteiger partial charge in [0.05, 0.1) is 22.6 Å². The van der Waals surface area contributed by atoms with Crippen LogP contribution in [0, 0.1) is 0 Å². The van der Waals surface area contributed by atoms with Gasteiger partial charge in [-0.15, -0.1) is 0 Å². The molecule has 4 heterocycles. The van der Waals surface area contributed by atoms with E-state index in [1.165, 1.54) is 0 Å². The summed E-state index contributed by atoms with van der Waals surface area (Å²) in [6.45, 7) is 2.06. The Morgan fingerprint density at radius 3 is 2.58 bits per heavy atom. The van der Waals surface area contributed by atoms with Gasteiger partial charge in [-0.2, -0.15) is 0 Å². The van der Waals surface area contributed by atoms with Gasteiger partial charge in [-0.25, -0.2) is 4.98 Å². The number of fused-ring (bicyclic) bond motifs is 1. The van der Waals surface area contributed by atoms with Crippen LogP contribution in [0.3, 0.4) is 0 Å². The summed E-state index contributed by atoms with van der Waals surface area (Å²) in [5.74, 6) is 0.594. The lowest BCUT2D eigenvalue weighted by atomic mass is 10.1. The normalized spacial score (nSPS) is 13.7. The molecule has 0 aliphatic carbocycles. The van der Waals surface area contributed by atoms with Gasteiger partial charge in [-0.1, -0.05) is 29.8 Å². The zero-order valence-corrected chi connectivity index (χ0v) is 17.5. The molecule has 1 N–H and O–H groups in total. The minimum absolute atomic E-state index is 0.0793. The summed E-state index contributed by atoms with van der Waals surface area (Å²) < 4.78 is 0. The van der Waals surface area contributed by atoms with Gasteiger partial charge in [0.2, 0.25) is 0 Å². The molecule has 1 aliphatic rings. The molecule has 4 aromatic rings. The van der Waals surface area contributed by atoms with Gasteiger partial charge in [0, 0.05) is 54.6 Å². The molecule has 0 radical (unpaired) electrons. The lowest BCUT2D eigenvalue weighted by Crippen LogP contribution is -2.35. The monoisotopic (exact) mass is 429 g/mol. The van der Waals surface area contributed by atoms with Crippen LogP contribution in [0.2, 0.25) is 5.02 Å². The van der Waals surface area contributed by atoms with Gasteiger partial charge in [0.1, 0.15) is 5.82 Å². The van der Waals surface area contributed by atoms with E-state index in [1.54, 1.807) is 12.4 Å². The highest BCUT2D eigenvalue weighted by Crippen LogP contribution is 2.22. The molecule has 5 rings (SSSR count). The van der Waals surface area contributed by atoms with Gasteiger partial charge in [0.15, 0.2) is 0 Å². The van der Waals surface area contributed by atoms with Crippen molar-refractivity contribution in [3.8, 4) is 22.6 Å². The number of nitrogens with one attached hydrogen (secondary N) is 1. The van der Waals surface area contributed by atoms with E-state index in [0.717, 1.165) is 46.7 Å². The Morgan fingerprint density at radius 1 is 0.968 bits per heavy atom. The fourth-order valence-electron chi connectivity index (χ4n) is 3.84. The number of pyridine rings is 2. The number of halogens is 1. The van der Waals surface area contributed by atoms with Crippen molar-refractivity contribution in [3.63, 3.8) is 0 Å². The van der Waals surface area contributed by atoms with Gasteiger partial charge >= 0.3 is 0 Å². The quantitative estimate of drug-likeness (QED) is 0.528. The Morgan fingerprint density at radius 2 is 1.77 bits per heavy atom. The van der Waals surface area contributed by atoms with E-state index in [4.69, 9.17) is 21.6 Å². The summed E-state index contributed by atoms with van der Waals surface area (Å²) in [6, 6.07) is 17.4. The number of aromatic nitrogens is 4. The van der Waals surface area contributed by atoms with Crippen molar-refractivity contribution in [1.82, 2.24) is 24.8 Å². The van der Waals surface area contributed by atoms with Crippen molar-refractivity contribution in [2.45, 2.75) is 19.5 Å². The first-order valence-electron chi connectivity index (χ1n) is 10.1. The lowest BCUT2D eigenvalue weighted by molar-refractivity contribution is 0.239. The standard InChI is InChI=1S/C24H20ClN5O/c25-18-6-4-16(5-7-18)21-3-1-2-19(27-21)14-30-13-10-22-20(15-30)24(31)29-23(28-22)17-8-11-26-12-9-17/h1-9,11-12H,10,13-15H2,(H,28,29,31). The molecule has 0 fully saturated rings. The zero-order valence-electron chi connectivity index (χ0n) is 16.8. The van der Waals surface area contributed by atoms with Crippen molar-refractivity contribution >= 4 is 11.6 Å². The van der Waals surface area contributed by atoms with Crippen molar-refractivity contribution in [2.75, 3.05) is 6.54 Å². The second-order valence-electron chi connectivity index (χ2n) is 7.56. The first-order valence-corrected chi connectivity index (χ1v) is 10.5. The molecule has 0 atom stereocenters. The molecule has 1 aliphatic heterocycles. The van der Waals surface area contributed by atoms with E-state index in [-0.39, 0.29) is 5.56 Å². The van der Waals surface area contributed by atoms with E-state index >= 15 is 0 Å². The van der Waals surface area contributed by atoms with Crippen LogP contribution in [0.5, 0.6) is 0 Å². The summed E-state index contributed by atoms with van der Waals surface area (Å²) in [5, 5.41) is 0.706. The summed E-state index contributed by atoms with van der Waals surface area (Å²) >= 11 is 5.99. The number of aromatic amines is 1. The highest BCUT2D eigenvalue weighted by Gasteiger charge is 2.22. The van der Waals surface area contributed by atoms with E-state index in [0.29, 0.717) is 23.9 Å². The van der Waals surface area contributed by atoms with E-state index < -0.39 is 0 Å². The van der Waals surface area contributed by atoms with Crippen LogP contribution in [0.25, 0.3) is 22.6 Å². The molecular formula is C24H20ClN5O. The first-order chi connectivity index (χ1) is 15.2. The first kappa shape index (κ1) is 19.6. The molecule has 7 heteroatoms. The fourth-order valence-corrected chi connectivity index (χ4v) is 3.97. The van der Waals surface area contributed by atoms with Gasteiger partial charge in [-0.3, -0.25) is 19.7 Å². The second kappa shape index (κ2) is 8.41. The minimum atomic E-state index is -0.0793. The summed E-state index contributed by atoms with van der Waals surface area (Å²) in [5.41, 5.74) is 5.29. The predicted molar refractivity (Wildman–Crippen MR) is 121 cm³/mol. The average Bonchev–Trinajstić information content (AvgIpc) is 2.81. The van der Waals surface area contributed by atoms with Crippen LogP contribution < -0.4 is 5.56 Å². The lowest BCUT2D eigenvalue weighted by Gasteiger charge is -2.27. The third kappa shape index (κ3) is 4.26. The molecule has 0 saturated heterocycles. The smallest absolute Gasteiger partial charge is 0.255 e. The molecule has 3 aromatic heterocycles. The molecule has 0 saturated carbocycles. The molecular weight excluding hydrogens is 410 g/mol. The van der Waals surface area contributed by atoms with E-state index in [2.05, 4.69) is 14.9 Å². The van der Waals surface area contributed by atoms with Crippen molar-refractivity contribution in [1.29, 1.82) is 0 Å². The van der Waals surface area contributed by atoms with E-state index in [9.17, 15) is 4.79 Å². The Kier molecular flexibility index (Phi) is 5.32. The topological polar surface area (TPSA) is 74.8 Å². The fraction of sp³-hybridized carbons (Fsp3) is 0.167. The largest absolute Gasteiger partial charge is 0.306 e. The van der Waals surface area contributed by atoms with Gasteiger partial charge in [-0.05, 0) is 36.4 Å². The molecule has 0 amide bonds. The maximum absolute atomic E-state index is 12.8. The second-order valence-corrected chi connectivity index (χ2v) is 7.99. The molecule has 1 aromatic carbocycles. The minimum Gasteiger partial charge on any atom is -0.306 e. The van der Waals surface area contributed by atoms with Crippen LogP contribution in [0.1, 0.15) is 17.0 Å². The van der Waals surface area contributed by atoms with Crippen LogP contribution in [0.15, 0.2) is 71.8 Å². The number of benzene rings is 1. The number of nitrogens with zero attached hydrogens (tertiary/aromatic N) is 4. The maximum atomic E-state index is 12.8. The van der Waals surface area contributed by atoms with Crippen molar-refractivity contribution in [2.24, 2.45) is 0 Å². The predicted octanol–water partition coefficient (Wildman–Crippen LogP) is 4.11. The average molecular weight is 430 g/mol. The molecule has 0 bridgehead atoms. The summed E-state index contributed by atoms with van der Waals surface area (Å²) in [7, 11) is 0. The Bertz CT molecular complexity index is 1270. The number of H-pyrrole nitrogens is 1. The maximum Gasteiger partial charge on any atom is 0.255 e. The van der Waals surface area contributed by atoms with E-state index in [1.807, 2.05) is 54.6 Å². The highest BCUT2D eigenvalue weighted by molar-refractivity contribution is 6.30. The van der Waals surface area contributed by atoms with Crippen LogP contribution in [-0.2, 0) is 19.5 Å². The number of hydrogen-bond donors (Lipinski definition) is 1. The van der Waals surface area contributed by atoms with Gasteiger partial charge < -0.3 is 4.98 Å². The number of rotatable bonds is 4. The number of hydrogen-bond acceptors (Lipinski definition) is 5.